The Morgan fingerprint density at radius 2 is 1.71 bits per heavy atom. The molecule has 21 heavy (non-hydrogen) atoms. The highest BCUT2D eigenvalue weighted by Crippen LogP contribution is 2.29. The van der Waals surface area contributed by atoms with E-state index >= 15 is 0 Å². The largest absolute Gasteiger partial charge is 0.506 e. The Kier molecular flexibility index (Phi) is 2.86. The predicted octanol–water partition coefficient (Wildman–Crippen LogP) is 3.01. The number of hydrogen-bond acceptors (Lipinski definition) is 4. The molecule has 0 unspecified atom stereocenters. The molecular weight excluding hydrogens is 264 g/mol. The summed E-state index contributed by atoms with van der Waals surface area (Å²) in [6.45, 7) is 6.37. The van der Waals surface area contributed by atoms with Crippen LogP contribution in [0.25, 0.3) is 16.7 Å². The Balaban J connectivity index is 2.17. The fourth-order valence-electron chi connectivity index (χ4n) is 2.19. The Morgan fingerprint density at radius 1 is 1.00 bits per heavy atom. The summed E-state index contributed by atoms with van der Waals surface area (Å²) in [7, 11) is 0. The minimum atomic E-state index is -0.0144. The summed E-state index contributed by atoms with van der Waals surface area (Å²) in [6, 6.07) is 10.9. The van der Waals surface area contributed by atoms with Crippen molar-refractivity contribution >= 4 is 16.7 Å². The highest BCUT2D eigenvalue weighted by molar-refractivity contribution is 5.77. The summed E-state index contributed by atoms with van der Waals surface area (Å²) >= 11 is 0. The maximum absolute atomic E-state index is 10.1. The molecule has 3 N–H and O–H groups in total. The summed E-state index contributed by atoms with van der Waals surface area (Å²) in [6.07, 6.45) is 0. The third kappa shape index (κ3) is 2.42. The van der Waals surface area contributed by atoms with Gasteiger partial charge in [0.15, 0.2) is 0 Å². The van der Waals surface area contributed by atoms with Gasteiger partial charge in [-0.2, -0.15) is 0 Å². The van der Waals surface area contributed by atoms with Gasteiger partial charge in [-0.15, -0.1) is 15.0 Å². The van der Waals surface area contributed by atoms with Crippen LogP contribution in [0.3, 0.4) is 0 Å². The number of fused-ring (bicyclic) bond motifs is 1. The second-order valence-corrected chi connectivity index (χ2v) is 6.19. The van der Waals surface area contributed by atoms with Crippen molar-refractivity contribution < 1.29 is 5.11 Å². The normalized spacial score (nSPS) is 12.0. The Bertz CT molecular complexity index is 815. The highest BCUT2D eigenvalue weighted by Gasteiger charge is 2.17. The van der Waals surface area contributed by atoms with E-state index in [0.29, 0.717) is 16.9 Å². The predicted molar refractivity (Wildman–Crippen MR) is 83.6 cm³/mol. The van der Waals surface area contributed by atoms with Crippen LogP contribution in [0.15, 0.2) is 36.4 Å². The molecule has 0 aliphatic rings. The van der Waals surface area contributed by atoms with Crippen molar-refractivity contribution in [2.24, 2.45) is 0 Å². The van der Waals surface area contributed by atoms with E-state index in [0.717, 1.165) is 11.1 Å². The van der Waals surface area contributed by atoms with Gasteiger partial charge in [0, 0.05) is 5.69 Å². The van der Waals surface area contributed by atoms with Gasteiger partial charge in [-0.3, -0.25) is 0 Å². The molecule has 108 valence electrons. The molecule has 5 nitrogen and oxygen atoms in total. The van der Waals surface area contributed by atoms with Crippen LogP contribution in [-0.2, 0) is 5.41 Å². The number of rotatable bonds is 1. The van der Waals surface area contributed by atoms with Crippen molar-refractivity contribution in [3.8, 4) is 11.4 Å². The lowest BCUT2D eigenvalue weighted by Gasteiger charge is -2.19. The number of benzene rings is 2. The smallest absolute Gasteiger partial charge is 0.143 e. The number of aromatic hydroxyl groups is 1. The maximum atomic E-state index is 10.1. The average Bonchev–Trinajstić information content (AvgIpc) is 2.80. The van der Waals surface area contributed by atoms with Gasteiger partial charge in [-0.1, -0.05) is 26.8 Å². The zero-order valence-electron chi connectivity index (χ0n) is 12.3. The monoisotopic (exact) mass is 282 g/mol. The van der Waals surface area contributed by atoms with Crippen molar-refractivity contribution in [2.45, 2.75) is 26.2 Å². The molecule has 0 aliphatic carbocycles. The van der Waals surface area contributed by atoms with Crippen LogP contribution in [0.1, 0.15) is 26.3 Å². The molecule has 5 heteroatoms. The van der Waals surface area contributed by atoms with Crippen LogP contribution in [0.5, 0.6) is 5.75 Å². The van der Waals surface area contributed by atoms with Crippen LogP contribution < -0.4 is 5.73 Å². The van der Waals surface area contributed by atoms with Crippen LogP contribution >= 0.6 is 0 Å². The first-order chi connectivity index (χ1) is 9.84. The van der Waals surface area contributed by atoms with E-state index in [1.807, 2.05) is 18.2 Å². The number of nitrogens with two attached hydrogens (primary N) is 1. The first-order valence-electron chi connectivity index (χ1n) is 6.81. The summed E-state index contributed by atoms with van der Waals surface area (Å²) in [4.78, 5) is 1.45. The van der Waals surface area contributed by atoms with E-state index in [9.17, 15) is 5.11 Å². The van der Waals surface area contributed by atoms with E-state index in [1.54, 1.807) is 18.2 Å². The van der Waals surface area contributed by atoms with Crippen molar-refractivity contribution in [3.05, 3.63) is 42.0 Å². The Labute approximate surface area is 123 Å². The Morgan fingerprint density at radius 3 is 2.43 bits per heavy atom. The van der Waals surface area contributed by atoms with Crippen molar-refractivity contribution in [2.75, 3.05) is 5.73 Å². The molecule has 0 fully saturated rings. The van der Waals surface area contributed by atoms with Gasteiger partial charge in [-0.05, 0) is 41.3 Å². The standard InChI is InChI=1S/C16H18N4O/c1-16(2,3)10-4-7-15(21)14(8-10)20-18-12-6-5-11(17)9-13(12)19-20/h4-9,21H,17H2,1-3H3. The summed E-state index contributed by atoms with van der Waals surface area (Å²) in [5.41, 5.74) is 9.50. The van der Waals surface area contributed by atoms with Crippen LogP contribution in [0, 0.1) is 0 Å². The molecular formula is C16H18N4O. The van der Waals surface area contributed by atoms with Gasteiger partial charge < -0.3 is 10.8 Å². The molecule has 0 saturated heterocycles. The first kappa shape index (κ1) is 13.4. The fourth-order valence-corrected chi connectivity index (χ4v) is 2.19. The third-order valence-corrected chi connectivity index (χ3v) is 3.46. The van der Waals surface area contributed by atoms with Crippen LogP contribution in [-0.4, -0.2) is 20.1 Å². The van der Waals surface area contributed by atoms with Gasteiger partial charge in [0.2, 0.25) is 0 Å². The molecule has 0 amide bonds. The van der Waals surface area contributed by atoms with E-state index in [2.05, 4.69) is 31.0 Å². The van der Waals surface area contributed by atoms with Crippen LogP contribution in [0.4, 0.5) is 5.69 Å². The number of phenolic OH excluding ortho intramolecular Hbond substituents is 1. The van der Waals surface area contributed by atoms with Crippen molar-refractivity contribution in [1.29, 1.82) is 0 Å². The fraction of sp³-hybridized carbons (Fsp3) is 0.250. The zero-order valence-corrected chi connectivity index (χ0v) is 12.3. The molecule has 0 atom stereocenters. The van der Waals surface area contributed by atoms with E-state index in [4.69, 9.17) is 5.73 Å². The molecule has 0 spiro atoms. The topological polar surface area (TPSA) is 77.0 Å². The number of nitrogen functional groups attached to an aromatic ring is 1. The number of hydrogen-bond donors (Lipinski definition) is 2. The highest BCUT2D eigenvalue weighted by atomic mass is 16.3. The maximum Gasteiger partial charge on any atom is 0.143 e. The quantitative estimate of drug-likeness (QED) is 0.673. The second-order valence-electron chi connectivity index (χ2n) is 6.19. The van der Waals surface area contributed by atoms with Gasteiger partial charge in [0.05, 0.1) is 0 Å². The minimum absolute atomic E-state index is 0.0144. The molecule has 1 aromatic heterocycles. The molecule has 3 rings (SSSR count). The molecule has 0 aliphatic heterocycles. The zero-order chi connectivity index (χ0) is 15.2. The van der Waals surface area contributed by atoms with Crippen molar-refractivity contribution in [3.63, 3.8) is 0 Å². The third-order valence-electron chi connectivity index (χ3n) is 3.46. The van der Waals surface area contributed by atoms with Gasteiger partial charge in [-0.25, -0.2) is 0 Å². The summed E-state index contributed by atoms with van der Waals surface area (Å²) in [5.74, 6) is 0.149. The van der Waals surface area contributed by atoms with E-state index in [-0.39, 0.29) is 11.2 Å². The number of nitrogens with zero attached hydrogens (tertiary/aromatic N) is 3. The lowest BCUT2D eigenvalue weighted by atomic mass is 9.87. The van der Waals surface area contributed by atoms with Crippen molar-refractivity contribution in [1.82, 2.24) is 15.0 Å². The van der Waals surface area contributed by atoms with E-state index in [1.165, 1.54) is 4.80 Å². The van der Waals surface area contributed by atoms with E-state index < -0.39 is 0 Å². The summed E-state index contributed by atoms with van der Waals surface area (Å²) < 4.78 is 0. The molecule has 0 saturated carbocycles. The molecule has 1 heterocycles. The summed E-state index contributed by atoms with van der Waals surface area (Å²) in [5, 5.41) is 18.9. The molecule has 0 bridgehead atoms. The van der Waals surface area contributed by atoms with Gasteiger partial charge in [0.1, 0.15) is 22.5 Å². The minimum Gasteiger partial charge on any atom is -0.506 e. The molecule has 3 aromatic rings. The lowest BCUT2D eigenvalue weighted by Crippen LogP contribution is -2.12. The molecule has 2 aromatic carbocycles. The number of aromatic nitrogens is 3. The number of phenols is 1. The SMILES string of the molecule is CC(C)(C)c1ccc(O)c(-n2nc3ccc(N)cc3n2)c1. The van der Waals surface area contributed by atoms with Gasteiger partial charge in [0.25, 0.3) is 0 Å². The van der Waals surface area contributed by atoms with Crippen LogP contribution in [0.2, 0.25) is 0 Å². The van der Waals surface area contributed by atoms with Gasteiger partial charge >= 0.3 is 0 Å². The Hall–Kier alpha value is -2.56. The second kappa shape index (κ2) is 4.48. The average molecular weight is 282 g/mol. The first-order valence-corrected chi connectivity index (χ1v) is 6.81. The molecule has 0 radical (unpaired) electrons. The lowest BCUT2D eigenvalue weighted by molar-refractivity contribution is 0.466. The number of anilines is 1.